The van der Waals surface area contributed by atoms with Gasteiger partial charge in [-0.05, 0) is 56.2 Å². The summed E-state index contributed by atoms with van der Waals surface area (Å²) < 4.78 is 56.8. The van der Waals surface area contributed by atoms with Crippen molar-refractivity contribution in [2.24, 2.45) is 0 Å². The molecule has 1 aliphatic carbocycles. The van der Waals surface area contributed by atoms with E-state index in [-0.39, 0.29) is 33.8 Å². The Bertz CT molecular complexity index is 1470. The Balaban J connectivity index is 1.70. The zero-order valence-corrected chi connectivity index (χ0v) is 23.5. The van der Waals surface area contributed by atoms with Crippen molar-refractivity contribution < 1.29 is 26.8 Å². The number of sulfonamides is 1. The van der Waals surface area contributed by atoms with E-state index in [4.69, 9.17) is 11.6 Å². The van der Waals surface area contributed by atoms with Crippen LogP contribution in [-0.2, 0) is 26.2 Å². The molecular weight excluding hydrogens is 560 g/mol. The molecule has 0 aliphatic heterocycles. The lowest BCUT2D eigenvalue weighted by Crippen LogP contribution is -2.52. The Kier molecular flexibility index (Phi) is 9.42. The van der Waals surface area contributed by atoms with Gasteiger partial charge in [0.2, 0.25) is 11.8 Å². The zero-order chi connectivity index (χ0) is 28.9. The van der Waals surface area contributed by atoms with Gasteiger partial charge in [0, 0.05) is 18.2 Å². The highest BCUT2D eigenvalue weighted by Crippen LogP contribution is 2.28. The van der Waals surface area contributed by atoms with Crippen LogP contribution in [0.3, 0.4) is 0 Å². The minimum Gasteiger partial charge on any atom is -0.352 e. The van der Waals surface area contributed by atoms with Crippen molar-refractivity contribution in [3.8, 4) is 0 Å². The summed E-state index contributed by atoms with van der Waals surface area (Å²) in [6, 6.07) is 15.6. The Hall–Kier alpha value is -3.50. The molecule has 1 N–H and O–H groups in total. The van der Waals surface area contributed by atoms with E-state index < -0.39 is 46.1 Å². The van der Waals surface area contributed by atoms with Gasteiger partial charge in [0.1, 0.15) is 24.2 Å². The van der Waals surface area contributed by atoms with E-state index in [0.29, 0.717) is 0 Å². The molecule has 3 aromatic carbocycles. The minimum atomic E-state index is -4.33. The maximum absolute atomic E-state index is 14.6. The number of rotatable bonds is 10. The quantitative estimate of drug-likeness (QED) is 0.348. The fourth-order valence-corrected chi connectivity index (χ4v) is 6.28. The van der Waals surface area contributed by atoms with Crippen LogP contribution in [0.15, 0.2) is 77.7 Å². The van der Waals surface area contributed by atoms with E-state index in [1.807, 2.05) is 0 Å². The average molecular weight is 590 g/mol. The van der Waals surface area contributed by atoms with Gasteiger partial charge >= 0.3 is 0 Å². The Morgan fingerprint density at radius 3 is 2.27 bits per heavy atom. The molecule has 0 saturated heterocycles. The molecule has 7 nitrogen and oxygen atoms in total. The Labute approximate surface area is 237 Å². The first kappa shape index (κ1) is 29.5. The maximum atomic E-state index is 14.6. The van der Waals surface area contributed by atoms with Gasteiger partial charge in [-0.2, -0.15) is 0 Å². The molecular formula is C29H30ClF2N3O4S. The third-order valence-electron chi connectivity index (χ3n) is 6.97. The van der Waals surface area contributed by atoms with Crippen molar-refractivity contribution in [1.29, 1.82) is 0 Å². The molecule has 2 amide bonds. The van der Waals surface area contributed by atoms with Crippen molar-refractivity contribution in [1.82, 2.24) is 10.2 Å². The standard InChI is InChI=1S/C29H30ClF2N3O4S/c1-20(29(37)33-22-10-6-7-11-22)34(18-21-9-5-8-14-26(21)31)28(36)19-35(23-15-16-27(32)25(30)17-23)40(38,39)24-12-3-2-4-13-24/h2-5,8-9,12-17,20,22H,6-7,10-11,18-19H2,1H3,(H,33,37). The average Bonchev–Trinajstić information content (AvgIpc) is 3.46. The van der Waals surface area contributed by atoms with Crippen LogP contribution < -0.4 is 9.62 Å². The highest BCUT2D eigenvalue weighted by Gasteiger charge is 2.34. The largest absolute Gasteiger partial charge is 0.352 e. The summed E-state index contributed by atoms with van der Waals surface area (Å²) in [7, 11) is -4.33. The SMILES string of the molecule is CC(C(=O)NC1CCCC1)N(Cc1ccccc1F)C(=O)CN(c1ccc(F)c(Cl)c1)S(=O)(=O)c1ccccc1. The summed E-state index contributed by atoms with van der Waals surface area (Å²) in [5.74, 6) is -2.49. The van der Waals surface area contributed by atoms with E-state index in [1.54, 1.807) is 12.1 Å². The number of amides is 2. The van der Waals surface area contributed by atoms with E-state index >= 15 is 0 Å². The molecule has 1 atom stereocenters. The number of nitrogens with one attached hydrogen (secondary N) is 1. The third-order valence-corrected chi connectivity index (χ3v) is 9.05. The molecule has 11 heteroatoms. The van der Waals surface area contributed by atoms with E-state index in [9.17, 15) is 26.8 Å². The second-order valence-electron chi connectivity index (χ2n) is 9.70. The Morgan fingerprint density at radius 1 is 0.975 bits per heavy atom. The number of anilines is 1. The lowest BCUT2D eigenvalue weighted by Gasteiger charge is -2.32. The summed E-state index contributed by atoms with van der Waals surface area (Å²) in [5, 5.41) is 2.62. The van der Waals surface area contributed by atoms with Crippen molar-refractivity contribution >= 4 is 39.1 Å². The first-order valence-electron chi connectivity index (χ1n) is 12.9. The van der Waals surface area contributed by atoms with Crippen LogP contribution >= 0.6 is 11.6 Å². The fourth-order valence-electron chi connectivity index (χ4n) is 4.67. The molecule has 3 aromatic rings. The number of halogens is 3. The number of hydrogen-bond acceptors (Lipinski definition) is 4. The molecule has 0 bridgehead atoms. The van der Waals surface area contributed by atoms with Crippen molar-refractivity contribution in [2.75, 3.05) is 10.8 Å². The van der Waals surface area contributed by atoms with Crippen LogP contribution in [0.4, 0.5) is 14.5 Å². The molecule has 1 unspecified atom stereocenters. The number of hydrogen-bond donors (Lipinski definition) is 1. The molecule has 212 valence electrons. The van der Waals surface area contributed by atoms with Crippen LogP contribution in [0.5, 0.6) is 0 Å². The van der Waals surface area contributed by atoms with Gasteiger partial charge in [0.05, 0.1) is 15.6 Å². The molecule has 0 heterocycles. The molecule has 0 aromatic heterocycles. The number of carbonyl (C=O) groups is 2. The van der Waals surface area contributed by atoms with Gasteiger partial charge in [0.25, 0.3) is 10.0 Å². The summed E-state index contributed by atoms with van der Waals surface area (Å²) in [5.41, 5.74) is 0.121. The monoisotopic (exact) mass is 589 g/mol. The predicted molar refractivity (Wildman–Crippen MR) is 149 cm³/mol. The van der Waals surface area contributed by atoms with E-state index in [2.05, 4.69) is 5.32 Å². The van der Waals surface area contributed by atoms with Crippen molar-refractivity contribution in [2.45, 2.75) is 56.1 Å². The van der Waals surface area contributed by atoms with Gasteiger partial charge in [0.15, 0.2) is 0 Å². The second-order valence-corrected chi connectivity index (χ2v) is 12.0. The number of carbonyl (C=O) groups excluding carboxylic acids is 2. The summed E-state index contributed by atoms with van der Waals surface area (Å²) in [6.45, 7) is 0.511. The van der Waals surface area contributed by atoms with Gasteiger partial charge in [-0.1, -0.05) is 60.8 Å². The molecule has 1 fully saturated rings. The van der Waals surface area contributed by atoms with Crippen LogP contribution in [0.1, 0.15) is 38.2 Å². The number of nitrogens with zero attached hydrogens (tertiary/aromatic N) is 2. The van der Waals surface area contributed by atoms with Gasteiger partial charge in [-0.15, -0.1) is 0 Å². The third kappa shape index (κ3) is 6.79. The predicted octanol–water partition coefficient (Wildman–Crippen LogP) is 5.29. The molecule has 0 spiro atoms. The molecule has 4 rings (SSSR count). The lowest BCUT2D eigenvalue weighted by molar-refractivity contribution is -0.139. The van der Waals surface area contributed by atoms with Gasteiger partial charge in [-0.25, -0.2) is 17.2 Å². The van der Waals surface area contributed by atoms with Crippen LogP contribution in [0.2, 0.25) is 5.02 Å². The normalized spacial score (nSPS) is 14.5. The fraction of sp³-hybridized carbons (Fsp3) is 0.310. The number of benzene rings is 3. The molecule has 1 saturated carbocycles. The van der Waals surface area contributed by atoms with Crippen LogP contribution in [-0.4, -0.2) is 43.8 Å². The molecule has 40 heavy (non-hydrogen) atoms. The lowest BCUT2D eigenvalue weighted by atomic mass is 10.1. The minimum absolute atomic E-state index is 0.0170. The van der Waals surface area contributed by atoms with Crippen LogP contribution in [0.25, 0.3) is 0 Å². The van der Waals surface area contributed by atoms with Crippen molar-refractivity contribution in [3.63, 3.8) is 0 Å². The van der Waals surface area contributed by atoms with E-state index in [1.165, 1.54) is 55.5 Å². The Morgan fingerprint density at radius 2 is 1.62 bits per heavy atom. The second kappa shape index (κ2) is 12.8. The summed E-state index contributed by atoms with van der Waals surface area (Å²) in [4.78, 5) is 28.1. The van der Waals surface area contributed by atoms with Gasteiger partial charge in [-0.3, -0.25) is 13.9 Å². The smallest absolute Gasteiger partial charge is 0.264 e. The zero-order valence-electron chi connectivity index (χ0n) is 21.9. The maximum Gasteiger partial charge on any atom is 0.264 e. The highest BCUT2D eigenvalue weighted by atomic mass is 35.5. The molecule has 1 aliphatic rings. The first-order valence-corrected chi connectivity index (χ1v) is 14.8. The van der Waals surface area contributed by atoms with Crippen LogP contribution in [0, 0.1) is 11.6 Å². The van der Waals surface area contributed by atoms with Gasteiger partial charge < -0.3 is 10.2 Å². The molecule has 0 radical (unpaired) electrons. The summed E-state index contributed by atoms with van der Waals surface area (Å²) in [6.07, 6.45) is 3.63. The first-order chi connectivity index (χ1) is 19.1. The topological polar surface area (TPSA) is 86.8 Å². The highest BCUT2D eigenvalue weighted by molar-refractivity contribution is 7.92. The summed E-state index contributed by atoms with van der Waals surface area (Å²) >= 11 is 5.96. The van der Waals surface area contributed by atoms with Crippen molar-refractivity contribution in [3.05, 3.63) is 95.0 Å². The van der Waals surface area contributed by atoms with E-state index in [0.717, 1.165) is 47.0 Å².